The lowest BCUT2D eigenvalue weighted by Crippen LogP contribution is -2.24. The number of aryl methyl sites for hydroxylation is 1. The van der Waals surface area contributed by atoms with Crippen LogP contribution in [0.5, 0.6) is 17.2 Å². The Morgan fingerprint density at radius 1 is 1.14 bits per heavy atom. The maximum absolute atomic E-state index is 12.4. The van der Waals surface area contributed by atoms with E-state index in [2.05, 4.69) is 5.32 Å². The number of hydrogen-bond donors (Lipinski definition) is 1. The van der Waals surface area contributed by atoms with Gasteiger partial charge in [0.05, 0.1) is 7.11 Å². The SMILES string of the molecule is COc1ccc2c(C)c(CCC(=O)NCc3ccc4c(c3)OCO4)c(=O)oc2c1. The van der Waals surface area contributed by atoms with E-state index in [-0.39, 0.29) is 19.1 Å². The topological polar surface area (TPSA) is 87.0 Å². The standard InChI is InChI=1S/C22H21NO6/c1-13-16-5-4-15(26-2)10-19(16)29-22(25)17(13)6-8-21(24)23-11-14-3-7-18-20(9-14)28-12-27-18/h3-5,7,9-10H,6,8,11-12H2,1-2H3,(H,23,24). The van der Waals surface area contributed by atoms with Crippen molar-refractivity contribution in [2.45, 2.75) is 26.3 Å². The molecule has 1 aliphatic heterocycles. The molecule has 0 unspecified atom stereocenters. The fourth-order valence-electron chi connectivity index (χ4n) is 3.37. The molecule has 4 rings (SSSR count). The molecule has 0 bridgehead atoms. The fourth-order valence-corrected chi connectivity index (χ4v) is 3.37. The van der Waals surface area contributed by atoms with Crippen LogP contribution >= 0.6 is 0 Å². The highest BCUT2D eigenvalue weighted by atomic mass is 16.7. The molecule has 1 aromatic heterocycles. The summed E-state index contributed by atoms with van der Waals surface area (Å²) in [6, 6.07) is 10.9. The monoisotopic (exact) mass is 395 g/mol. The highest BCUT2D eigenvalue weighted by molar-refractivity contribution is 5.82. The first-order valence-electron chi connectivity index (χ1n) is 9.30. The van der Waals surface area contributed by atoms with Gasteiger partial charge in [-0.3, -0.25) is 4.79 Å². The second kappa shape index (κ2) is 7.87. The summed E-state index contributed by atoms with van der Waals surface area (Å²) in [5.74, 6) is 1.86. The molecule has 150 valence electrons. The Hall–Kier alpha value is -3.48. The highest BCUT2D eigenvalue weighted by Crippen LogP contribution is 2.32. The van der Waals surface area contributed by atoms with E-state index in [1.165, 1.54) is 0 Å². The van der Waals surface area contributed by atoms with E-state index < -0.39 is 5.63 Å². The zero-order valence-electron chi connectivity index (χ0n) is 16.2. The average Bonchev–Trinajstić information content (AvgIpc) is 3.19. The minimum atomic E-state index is -0.424. The number of methoxy groups -OCH3 is 1. The summed E-state index contributed by atoms with van der Waals surface area (Å²) in [5, 5.41) is 3.70. The van der Waals surface area contributed by atoms with Crippen molar-refractivity contribution in [3.63, 3.8) is 0 Å². The smallest absolute Gasteiger partial charge is 0.339 e. The Kier molecular flexibility index (Phi) is 5.12. The lowest BCUT2D eigenvalue weighted by atomic mass is 10.0. The molecule has 1 N–H and O–H groups in total. The van der Waals surface area contributed by atoms with Crippen LogP contribution in [0.3, 0.4) is 0 Å². The number of rotatable bonds is 6. The van der Waals surface area contributed by atoms with E-state index in [0.717, 1.165) is 16.5 Å². The Labute approximate surface area is 167 Å². The Balaban J connectivity index is 1.41. The van der Waals surface area contributed by atoms with Crippen LogP contribution in [0.15, 0.2) is 45.6 Å². The number of nitrogens with one attached hydrogen (secondary N) is 1. The minimum Gasteiger partial charge on any atom is -0.497 e. The van der Waals surface area contributed by atoms with Crippen molar-refractivity contribution in [2.24, 2.45) is 0 Å². The summed E-state index contributed by atoms with van der Waals surface area (Å²) in [7, 11) is 1.56. The van der Waals surface area contributed by atoms with Crippen LogP contribution in [0.1, 0.15) is 23.1 Å². The maximum Gasteiger partial charge on any atom is 0.339 e. The van der Waals surface area contributed by atoms with Gasteiger partial charge in [-0.2, -0.15) is 0 Å². The van der Waals surface area contributed by atoms with Crippen molar-refractivity contribution in [2.75, 3.05) is 13.9 Å². The largest absolute Gasteiger partial charge is 0.497 e. The van der Waals surface area contributed by atoms with E-state index in [0.29, 0.717) is 41.4 Å². The molecule has 0 spiro atoms. The number of carbonyl (C=O) groups is 1. The van der Waals surface area contributed by atoms with Crippen molar-refractivity contribution in [3.05, 3.63) is 63.5 Å². The summed E-state index contributed by atoms with van der Waals surface area (Å²) in [6.45, 7) is 2.46. The van der Waals surface area contributed by atoms with E-state index in [4.69, 9.17) is 18.6 Å². The Bertz CT molecular complexity index is 1130. The lowest BCUT2D eigenvalue weighted by Gasteiger charge is -2.09. The molecular formula is C22H21NO6. The van der Waals surface area contributed by atoms with Crippen molar-refractivity contribution < 1.29 is 23.4 Å². The van der Waals surface area contributed by atoms with Crippen LogP contribution in [0, 0.1) is 6.92 Å². The number of hydrogen-bond acceptors (Lipinski definition) is 6. The maximum atomic E-state index is 12.4. The van der Waals surface area contributed by atoms with E-state index in [9.17, 15) is 9.59 Å². The molecule has 0 fully saturated rings. The first kappa shape index (κ1) is 18.9. The summed E-state index contributed by atoms with van der Waals surface area (Å²) in [5.41, 5.74) is 2.30. The summed E-state index contributed by atoms with van der Waals surface area (Å²) in [6.07, 6.45) is 0.501. The van der Waals surface area contributed by atoms with Crippen LogP contribution in [0.4, 0.5) is 0 Å². The van der Waals surface area contributed by atoms with Gasteiger partial charge >= 0.3 is 5.63 Å². The third kappa shape index (κ3) is 3.89. The molecule has 2 heterocycles. The Morgan fingerprint density at radius 3 is 2.79 bits per heavy atom. The second-order valence-corrected chi connectivity index (χ2v) is 6.82. The molecule has 2 aromatic carbocycles. The third-order valence-electron chi connectivity index (χ3n) is 5.02. The van der Waals surface area contributed by atoms with Crippen molar-refractivity contribution in [1.29, 1.82) is 0 Å². The van der Waals surface area contributed by atoms with Gasteiger partial charge in [-0.15, -0.1) is 0 Å². The van der Waals surface area contributed by atoms with Crippen LogP contribution in [-0.4, -0.2) is 19.8 Å². The molecule has 3 aromatic rings. The van der Waals surface area contributed by atoms with Gasteiger partial charge in [-0.25, -0.2) is 4.79 Å². The molecule has 0 radical (unpaired) electrons. The third-order valence-corrected chi connectivity index (χ3v) is 5.02. The summed E-state index contributed by atoms with van der Waals surface area (Å²) >= 11 is 0. The highest BCUT2D eigenvalue weighted by Gasteiger charge is 2.15. The van der Waals surface area contributed by atoms with Gasteiger partial charge in [0.15, 0.2) is 11.5 Å². The number of amides is 1. The number of ether oxygens (including phenoxy) is 3. The normalized spacial score (nSPS) is 12.2. The summed E-state index contributed by atoms with van der Waals surface area (Å²) < 4.78 is 21.2. The molecule has 0 saturated carbocycles. The van der Waals surface area contributed by atoms with Gasteiger partial charge in [0.1, 0.15) is 11.3 Å². The quantitative estimate of drug-likeness (QED) is 0.646. The van der Waals surface area contributed by atoms with Crippen molar-refractivity contribution in [1.82, 2.24) is 5.32 Å². The van der Waals surface area contributed by atoms with Crippen molar-refractivity contribution >= 4 is 16.9 Å². The van der Waals surface area contributed by atoms with Crippen LogP contribution < -0.4 is 25.2 Å². The predicted octanol–water partition coefficient (Wildman–Crippen LogP) is 3.09. The predicted molar refractivity (Wildman–Crippen MR) is 107 cm³/mol. The van der Waals surface area contributed by atoms with Gasteiger partial charge in [-0.1, -0.05) is 6.07 Å². The van der Waals surface area contributed by atoms with Gasteiger partial charge in [0, 0.05) is 30.0 Å². The second-order valence-electron chi connectivity index (χ2n) is 6.82. The zero-order chi connectivity index (χ0) is 20.4. The van der Waals surface area contributed by atoms with Crippen LogP contribution in [0.25, 0.3) is 11.0 Å². The van der Waals surface area contributed by atoms with Gasteiger partial charge in [0.2, 0.25) is 12.7 Å². The molecule has 7 heteroatoms. The molecule has 0 aliphatic carbocycles. The van der Waals surface area contributed by atoms with E-state index in [1.54, 1.807) is 13.2 Å². The van der Waals surface area contributed by atoms with E-state index in [1.807, 2.05) is 37.3 Å². The van der Waals surface area contributed by atoms with Gasteiger partial charge < -0.3 is 23.9 Å². The number of carbonyl (C=O) groups excluding carboxylic acids is 1. The molecule has 7 nitrogen and oxygen atoms in total. The molecule has 29 heavy (non-hydrogen) atoms. The lowest BCUT2D eigenvalue weighted by molar-refractivity contribution is -0.121. The minimum absolute atomic E-state index is 0.142. The van der Waals surface area contributed by atoms with Crippen LogP contribution in [-0.2, 0) is 17.8 Å². The Morgan fingerprint density at radius 2 is 1.97 bits per heavy atom. The van der Waals surface area contributed by atoms with Crippen LogP contribution in [0.2, 0.25) is 0 Å². The fraction of sp³-hybridized carbons (Fsp3) is 0.273. The molecule has 0 saturated heterocycles. The number of benzene rings is 2. The van der Waals surface area contributed by atoms with E-state index >= 15 is 0 Å². The molecule has 1 aliphatic rings. The average molecular weight is 395 g/mol. The zero-order valence-corrected chi connectivity index (χ0v) is 16.2. The molecule has 0 atom stereocenters. The first-order chi connectivity index (χ1) is 14.0. The molecular weight excluding hydrogens is 374 g/mol. The molecule has 1 amide bonds. The van der Waals surface area contributed by atoms with Crippen molar-refractivity contribution in [3.8, 4) is 17.2 Å². The van der Waals surface area contributed by atoms with Gasteiger partial charge in [0.25, 0.3) is 0 Å². The first-order valence-corrected chi connectivity index (χ1v) is 9.30. The summed E-state index contributed by atoms with van der Waals surface area (Å²) in [4.78, 5) is 24.7. The number of fused-ring (bicyclic) bond motifs is 2. The van der Waals surface area contributed by atoms with Gasteiger partial charge in [-0.05, 0) is 48.7 Å².